The smallest absolute Gasteiger partial charge is 0.238 e. The second-order valence-corrected chi connectivity index (χ2v) is 7.16. The molecule has 2 aromatic carbocycles. The number of sulfonamides is 1. The number of nitrogens with one attached hydrogen (secondary N) is 1. The molecular weight excluding hydrogens is 354 g/mol. The molecule has 0 atom stereocenters. The van der Waals surface area contributed by atoms with Gasteiger partial charge in [0.2, 0.25) is 10.0 Å². The Morgan fingerprint density at radius 1 is 1.10 bits per heavy atom. The quantitative estimate of drug-likeness (QED) is 0.724. The van der Waals surface area contributed by atoms with E-state index in [0.29, 0.717) is 16.9 Å². The normalized spacial score (nSPS) is 11.4. The molecule has 0 aliphatic rings. The Hall–Kier alpha value is -1.57. The molecule has 5 N–H and O–H groups in total. The van der Waals surface area contributed by atoms with E-state index in [9.17, 15) is 8.42 Å². The maximum absolute atomic E-state index is 11.6. The molecule has 0 saturated carbocycles. The van der Waals surface area contributed by atoms with Crippen LogP contribution in [-0.4, -0.2) is 8.42 Å². The number of hydrogen-bond acceptors (Lipinski definition) is 4. The van der Waals surface area contributed by atoms with Crippen molar-refractivity contribution < 1.29 is 8.42 Å². The third kappa shape index (κ3) is 3.37. The third-order valence-corrected chi connectivity index (χ3v) is 5.12. The van der Waals surface area contributed by atoms with Crippen molar-refractivity contribution in [2.45, 2.75) is 18.7 Å². The molecule has 7 heteroatoms. The lowest BCUT2D eigenvalue weighted by molar-refractivity contribution is 0.597. The fourth-order valence-electron chi connectivity index (χ4n) is 2.02. The highest BCUT2D eigenvalue weighted by atomic mass is 79.9. The average molecular weight is 370 g/mol. The number of rotatable bonds is 3. The summed E-state index contributed by atoms with van der Waals surface area (Å²) in [5.74, 6) is 0. The summed E-state index contributed by atoms with van der Waals surface area (Å²) in [6.07, 6.45) is 0. The van der Waals surface area contributed by atoms with Crippen LogP contribution in [0.4, 0.5) is 17.1 Å². The topological polar surface area (TPSA) is 98.2 Å². The Labute approximate surface area is 132 Å². The summed E-state index contributed by atoms with van der Waals surface area (Å²) < 4.78 is 24.2. The van der Waals surface area contributed by atoms with E-state index in [1.54, 1.807) is 13.0 Å². The number of anilines is 3. The molecule has 0 aromatic heterocycles. The molecule has 0 fully saturated rings. The van der Waals surface area contributed by atoms with Gasteiger partial charge in [-0.2, -0.15) is 0 Å². The Morgan fingerprint density at radius 2 is 1.76 bits per heavy atom. The van der Waals surface area contributed by atoms with Crippen LogP contribution < -0.4 is 16.2 Å². The van der Waals surface area contributed by atoms with Crippen LogP contribution in [0.25, 0.3) is 0 Å². The molecule has 21 heavy (non-hydrogen) atoms. The first-order valence-electron chi connectivity index (χ1n) is 6.15. The van der Waals surface area contributed by atoms with Crippen LogP contribution in [0.2, 0.25) is 0 Å². The van der Waals surface area contributed by atoms with Gasteiger partial charge in [-0.25, -0.2) is 13.6 Å². The second-order valence-electron chi connectivity index (χ2n) is 4.77. The largest absolute Gasteiger partial charge is 0.399 e. The van der Waals surface area contributed by atoms with E-state index in [1.165, 1.54) is 6.07 Å². The molecule has 0 aliphatic carbocycles. The molecule has 112 valence electrons. The molecule has 5 nitrogen and oxygen atoms in total. The van der Waals surface area contributed by atoms with Gasteiger partial charge >= 0.3 is 0 Å². The molecule has 2 aromatic rings. The van der Waals surface area contributed by atoms with E-state index in [2.05, 4.69) is 21.2 Å². The molecule has 0 amide bonds. The van der Waals surface area contributed by atoms with Crippen molar-refractivity contribution in [3.8, 4) is 0 Å². The number of nitrogen functional groups attached to an aromatic ring is 1. The van der Waals surface area contributed by atoms with Gasteiger partial charge in [-0.3, -0.25) is 0 Å². The van der Waals surface area contributed by atoms with Gasteiger partial charge in [0.1, 0.15) is 0 Å². The maximum atomic E-state index is 11.6. The Morgan fingerprint density at radius 3 is 2.38 bits per heavy atom. The van der Waals surface area contributed by atoms with Crippen molar-refractivity contribution in [3.63, 3.8) is 0 Å². The number of halogens is 1. The van der Waals surface area contributed by atoms with Gasteiger partial charge in [0, 0.05) is 21.5 Å². The van der Waals surface area contributed by atoms with Crippen molar-refractivity contribution in [1.29, 1.82) is 0 Å². The Kier molecular flexibility index (Phi) is 4.27. The van der Waals surface area contributed by atoms with Crippen molar-refractivity contribution in [2.75, 3.05) is 11.1 Å². The minimum atomic E-state index is -3.82. The van der Waals surface area contributed by atoms with Crippen molar-refractivity contribution >= 4 is 43.0 Å². The van der Waals surface area contributed by atoms with Crippen LogP contribution in [-0.2, 0) is 10.0 Å². The fourth-order valence-corrected chi connectivity index (χ4v) is 3.23. The first-order valence-corrected chi connectivity index (χ1v) is 8.49. The van der Waals surface area contributed by atoms with Crippen LogP contribution in [0.1, 0.15) is 11.1 Å². The van der Waals surface area contributed by atoms with Crippen molar-refractivity contribution in [2.24, 2.45) is 5.14 Å². The molecule has 0 unspecified atom stereocenters. The van der Waals surface area contributed by atoms with Gasteiger partial charge in [-0.15, -0.1) is 0 Å². The summed E-state index contributed by atoms with van der Waals surface area (Å²) in [4.78, 5) is 0.0256. The fraction of sp³-hybridized carbons (Fsp3) is 0.143. The van der Waals surface area contributed by atoms with Crippen LogP contribution in [0, 0.1) is 13.8 Å². The van der Waals surface area contributed by atoms with E-state index in [4.69, 9.17) is 10.9 Å². The van der Waals surface area contributed by atoms with Gasteiger partial charge in [-0.05, 0) is 49.2 Å². The van der Waals surface area contributed by atoms with E-state index in [-0.39, 0.29) is 4.90 Å². The summed E-state index contributed by atoms with van der Waals surface area (Å²) in [5.41, 5.74) is 9.13. The number of benzene rings is 2. The monoisotopic (exact) mass is 369 g/mol. The summed E-state index contributed by atoms with van der Waals surface area (Å²) >= 11 is 3.46. The highest BCUT2D eigenvalue weighted by Gasteiger charge is 2.16. The zero-order chi connectivity index (χ0) is 15.8. The van der Waals surface area contributed by atoms with Gasteiger partial charge < -0.3 is 11.1 Å². The van der Waals surface area contributed by atoms with Crippen molar-refractivity contribution in [1.82, 2.24) is 0 Å². The van der Waals surface area contributed by atoms with Gasteiger partial charge in [0.15, 0.2) is 0 Å². The Balaban J connectivity index is 2.55. The third-order valence-electron chi connectivity index (χ3n) is 3.23. The molecule has 0 bridgehead atoms. The van der Waals surface area contributed by atoms with Crippen LogP contribution in [0.5, 0.6) is 0 Å². The number of primary sulfonamides is 1. The summed E-state index contributed by atoms with van der Waals surface area (Å²) in [6.45, 7) is 3.64. The van der Waals surface area contributed by atoms with E-state index < -0.39 is 10.0 Å². The highest BCUT2D eigenvalue weighted by molar-refractivity contribution is 9.10. The van der Waals surface area contributed by atoms with Crippen LogP contribution in [0.15, 0.2) is 39.7 Å². The van der Waals surface area contributed by atoms with E-state index in [0.717, 1.165) is 15.7 Å². The Bertz CT molecular complexity index is 804. The van der Waals surface area contributed by atoms with Crippen LogP contribution >= 0.6 is 15.9 Å². The van der Waals surface area contributed by atoms with Gasteiger partial charge in [0.05, 0.1) is 4.90 Å². The minimum Gasteiger partial charge on any atom is -0.399 e. The lowest BCUT2D eigenvalue weighted by Crippen LogP contribution is -2.15. The predicted molar refractivity (Wildman–Crippen MR) is 89.1 cm³/mol. The lowest BCUT2D eigenvalue weighted by Gasteiger charge is -2.15. The highest BCUT2D eigenvalue weighted by Crippen LogP contribution is 2.31. The van der Waals surface area contributed by atoms with E-state index in [1.807, 2.05) is 25.1 Å². The lowest BCUT2D eigenvalue weighted by atomic mass is 10.1. The molecule has 0 saturated heterocycles. The average Bonchev–Trinajstić information content (AvgIpc) is 2.37. The molecule has 2 rings (SSSR count). The maximum Gasteiger partial charge on any atom is 0.238 e. The second kappa shape index (κ2) is 5.67. The molecule has 0 heterocycles. The first-order chi connectivity index (χ1) is 9.70. The molecule has 0 spiro atoms. The number of nitrogens with two attached hydrogens (primary N) is 2. The minimum absolute atomic E-state index is 0.0256. The predicted octanol–water partition coefficient (Wildman–Crippen LogP) is 3.04. The summed E-state index contributed by atoms with van der Waals surface area (Å²) in [6, 6.07) is 8.78. The molecule has 0 aliphatic heterocycles. The van der Waals surface area contributed by atoms with Crippen molar-refractivity contribution in [3.05, 3.63) is 45.9 Å². The first kappa shape index (κ1) is 15.8. The van der Waals surface area contributed by atoms with Gasteiger partial charge in [0.25, 0.3) is 0 Å². The summed E-state index contributed by atoms with van der Waals surface area (Å²) in [5, 5.41) is 8.43. The van der Waals surface area contributed by atoms with Crippen LogP contribution in [0.3, 0.4) is 0 Å². The summed E-state index contributed by atoms with van der Waals surface area (Å²) in [7, 11) is -3.82. The van der Waals surface area contributed by atoms with Gasteiger partial charge in [-0.1, -0.05) is 22.0 Å². The molecular formula is C14H16BrN3O2S. The SMILES string of the molecule is Cc1c(Br)cccc1Nc1cc(N)cc(S(N)(=O)=O)c1C. The molecule has 0 radical (unpaired) electrons. The number of hydrogen-bond donors (Lipinski definition) is 3. The zero-order valence-electron chi connectivity index (χ0n) is 11.6. The standard InChI is InChI=1S/C14H16BrN3O2S/c1-8-11(15)4-3-5-12(8)18-13-6-10(16)7-14(9(13)2)21(17,19)20/h3-7,18H,16H2,1-2H3,(H2,17,19,20). The van der Waals surface area contributed by atoms with E-state index >= 15 is 0 Å². The zero-order valence-corrected chi connectivity index (χ0v) is 14.0.